The van der Waals surface area contributed by atoms with E-state index >= 15 is 0 Å². The van der Waals surface area contributed by atoms with Gasteiger partial charge in [-0.15, -0.1) is 0 Å². The molecule has 43 heavy (non-hydrogen) atoms. The van der Waals surface area contributed by atoms with Gasteiger partial charge in [-0.1, -0.05) is 101 Å². The van der Waals surface area contributed by atoms with Gasteiger partial charge in [-0.25, -0.2) is 0 Å². The zero-order valence-electron chi connectivity index (χ0n) is 25.3. The molecule has 0 saturated heterocycles. The summed E-state index contributed by atoms with van der Waals surface area (Å²) in [4.78, 5) is 23.7. The molecule has 0 saturated carbocycles. The SMILES string of the molecule is CCCCCCCCCCCC(=O)Oc1ccc(C=CC(O)c2ccc(OC(C)=O)cc2OCc2ccccc2)c(O)c1. The Morgan fingerprint density at radius 1 is 0.814 bits per heavy atom. The fourth-order valence-electron chi connectivity index (χ4n) is 4.64. The summed E-state index contributed by atoms with van der Waals surface area (Å²) in [5.41, 5.74) is 1.85. The number of unbranched alkanes of at least 4 members (excludes halogenated alkanes) is 8. The summed E-state index contributed by atoms with van der Waals surface area (Å²) in [6.45, 7) is 3.79. The third-order valence-corrected chi connectivity index (χ3v) is 6.98. The molecule has 0 aliphatic heterocycles. The molecule has 7 nitrogen and oxygen atoms in total. The van der Waals surface area contributed by atoms with Crippen LogP contribution in [0, 0.1) is 0 Å². The highest BCUT2D eigenvalue weighted by atomic mass is 16.5. The third-order valence-electron chi connectivity index (χ3n) is 6.98. The van der Waals surface area contributed by atoms with Crippen LogP contribution < -0.4 is 14.2 Å². The number of hydrogen-bond donors (Lipinski definition) is 2. The van der Waals surface area contributed by atoms with E-state index in [2.05, 4.69) is 6.92 Å². The smallest absolute Gasteiger partial charge is 0.311 e. The molecular weight excluding hydrogens is 544 g/mol. The number of benzene rings is 3. The number of aliphatic hydroxyl groups is 1. The van der Waals surface area contributed by atoms with Crippen molar-refractivity contribution in [3.05, 3.63) is 89.5 Å². The van der Waals surface area contributed by atoms with E-state index in [1.165, 1.54) is 57.6 Å². The molecule has 0 aromatic heterocycles. The summed E-state index contributed by atoms with van der Waals surface area (Å²) in [6, 6.07) is 19.0. The van der Waals surface area contributed by atoms with Gasteiger partial charge >= 0.3 is 11.9 Å². The summed E-state index contributed by atoms with van der Waals surface area (Å²) >= 11 is 0. The highest BCUT2D eigenvalue weighted by Crippen LogP contribution is 2.33. The number of ether oxygens (including phenoxy) is 3. The van der Waals surface area contributed by atoms with Gasteiger partial charge in [0.05, 0.1) is 0 Å². The van der Waals surface area contributed by atoms with Crippen molar-refractivity contribution in [3.8, 4) is 23.0 Å². The summed E-state index contributed by atoms with van der Waals surface area (Å²) < 4.78 is 16.6. The lowest BCUT2D eigenvalue weighted by molar-refractivity contribution is -0.134. The molecular formula is C36H44O7. The van der Waals surface area contributed by atoms with Crippen molar-refractivity contribution in [2.24, 2.45) is 0 Å². The van der Waals surface area contributed by atoms with Gasteiger partial charge in [0.15, 0.2) is 0 Å². The average molecular weight is 589 g/mol. The molecule has 0 aliphatic carbocycles. The normalized spacial score (nSPS) is 11.8. The van der Waals surface area contributed by atoms with Crippen LogP contribution in [-0.2, 0) is 16.2 Å². The molecule has 0 aliphatic rings. The molecule has 3 rings (SSSR count). The largest absolute Gasteiger partial charge is 0.507 e. The molecule has 7 heteroatoms. The number of rotatable bonds is 18. The maximum absolute atomic E-state index is 12.3. The molecule has 0 radical (unpaired) electrons. The quantitative estimate of drug-likeness (QED) is 0.0873. The summed E-state index contributed by atoms with van der Waals surface area (Å²) in [5, 5.41) is 21.5. The Balaban J connectivity index is 1.55. The topological polar surface area (TPSA) is 102 Å². The molecule has 0 fully saturated rings. The molecule has 0 heterocycles. The molecule has 0 spiro atoms. The Morgan fingerprint density at radius 2 is 1.47 bits per heavy atom. The number of esters is 2. The van der Waals surface area contributed by atoms with Gasteiger partial charge in [0.2, 0.25) is 0 Å². The van der Waals surface area contributed by atoms with Crippen molar-refractivity contribution in [2.75, 3.05) is 0 Å². The van der Waals surface area contributed by atoms with Crippen molar-refractivity contribution < 1.29 is 34.0 Å². The Bertz CT molecular complexity index is 1320. The average Bonchev–Trinajstić information content (AvgIpc) is 2.99. The molecule has 1 atom stereocenters. The Morgan fingerprint density at radius 3 is 2.14 bits per heavy atom. The number of hydrogen-bond acceptors (Lipinski definition) is 7. The number of phenolic OH excluding ortho intramolecular Hbond substituents is 1. The predicted octanol–water partition coefficient (Wildman–Crippen LogP) is 8.47. The summed E-state index contributed by atoms with van der Waals surface area (Å²) in [7, 11) is 0. The molecule has 3 aromatic carbocycles. The van der Waals surface area contributed by atoms with Crippen molar-refractivity contribution in [1.29, 1.82) is 0 Å². The first-order chi connectivity index (χ1) is 20.9. The van der Waals surface area contributed by atoms with E-state index in [-0.39, 0.29) is 24.1 Å². The standard InChI is InChI=1S/C36H44O7/c1-3-4-5-6-7-8-9-10-14-17-36(40)43-30-20-18-29(34(39)24-30)19-23-33(38)32-22-21-31(42-27(2)37)25-35(32)41-26-28-15-12-11-13-16-28/h11-13,15-16,18-25,33,38-39H,3-10,14,17,26H2,1-2H3. The van der Waals surface area contributed by atoms with Gasteiger partial charge in [0, 0.05) is 36.6 Å². The van der Waals surface area contributed by atoms with Crippen molar-refractivity contribution in [3.63, 3.8) is 0 Å². The summed E-state index contributed by atoms with van der Waals surface area (Å²) in [5.74, 6) is 0.0715. The van der Waals surface area contributed by atoms with E-state index in [0.29, 0.717) is 29.0 Å². The van der Waals surface area contributed by atoms with Crippen LogP contribution in [0.3, 0.4) is 0 Å². The Hall–Kier alpha value is -4.10. The van der Waals surface area contributed by atoms with Crippen LogP contribution in [0.25, 0.3) is 6.08 Å². The third kappa shape index (κ3) is 12.3. The second kappa shape index (κ2) is 18.4. The number of carbonyl (C=O) groups is 2. The second-order valence-electron chi connectivity index (χ2n) is 10.6. The molecule has 1 unspecified atom stereocenters. The van der Waals surface area contributed by atoms with Gasteiger partial charge in [-0.2, -0.15) is 0 Å². The van der Waals surface area contributed by atoms with Crippen molar-refractivity contribution >= 4 is 18.0 Å². The van der Waals surface area contributed by atoms with Gasteiger partial charge < -0.3 is 24.4 Å². The van der Waals surface area contributed by atoms with Crippen molar-refractivity contribution in [2.45, 2.75) is 90.8 Å². The number of phenols is 1. The van der Waals surface area contributed by atoms with E-state index in [1.54, 1.807) is 36.4 Å². The molecule has 230 valence electrons. The lowest BCUT2D eigenvalue weighted by Gasteiger charge is -2.16. The Labute approximate surface area is 255 Å². The molecule has 2 N–H and O–H groups in total. The van der Waals surface area contributed by atoms with E-state index in [4.69, 9.17) is 14.2 Å². The zero-order chi connectivity index (χ0) is 30.9. The molecule has 3 aromatic rings. The highest BCUT2D eigenvalue weighted by Gasteiger charge is 2.15. The van der Waals surface area contributed by atoms with E-state index in [9.17, 15) is 19.8 Å². The fraction of sp³-hybridized carbons (Fsp3) is 0.389. The van der Waals surface area contributed by atoms with Gasteiger partial charge in [0.1, 0.15) is 35.7 Å². The van der Waals surface area contributed by atoms with Crippen LogP contribution in [0.15, 0.2) is 72.8 Å². The maximum Gasteiger partial charge on any atom is 0.311 e. The highest BCUT2D eigenvalue weighted by molar-refractivity contribution is 5.73. The lowest BCUT2D eigenvalue weighted by atomic mass is 10.1. The fourth-order valence-corrected chi connectivity index (χ4v) is 4.64. The number of aliphatic hydroxyl groups excluding tert-OH is 1. The van der Waals surface area contributed by atoms with E-state index in [1.807, 2.05) is 30.3 Å². The maximum atomic E-state index is 12.3. The van der Waals surface area contributed by atoms with E-state index in [0.717, 1.165) is 24.8 Å². The van der Waals surface area contributed by atoms with Gasteiger partial charge in [-0.05, 0) is 36.2 Å². The zero-order valence-corrected chi connectivity index (χ0v) is 25.3. The van der Waals surface area contributed by atoms with Crippen LogP contribution in [0.4, 0.5) is 0 Å². The van der Waals surface area contributed by atoms with Gasteiger partial charge in [0.25, 0.3) is 0 Å². The predicted molar refractivity (Wildman–Crippen MR) is 168 cm³/mol. The number of aromatic hydroxyl groups is 1. The second-order valence-corrected chi connectivity index (χ2v) is 10.6. The van der Waals surface area contributed by atoms with Crippen LogP contribution in [-0.4, -0.2) is 22.2 Å². The summed E-state index contributed by atoms with van der Waals surface area (Å²) in [6.07, 6.45) is 12.9. The number of carbonyl (C=O) groups excluding carboxylic acids is 2. The van der Waals surface area contributed by atoms with Crippen LogP contribution in [0.5, 0.6) is 23.0 Å². The first-order valence-corrected chi connectivity index (χ1v) is 15.2. The van der Waals surface area contributed by atoms with Crippen LogP contribution >= 0.6 is 0 Å². The first-order valence-electron chi connectivity index (χ1n) is 15.2. The first kappa shape index (κ1) is 33.4. The lowest BCUT2D eigenvalue weighted by Crippen LogP contribution is -2.07. The van der Waals surface area contributed by atoms with Crippen molar-refractivity contribution in [1.82, 2.24) is 0 Å². The van der Waals surface area contributed by atoms with E-state index < -0.39 is 12.1 Å². The van der Waals surface area contributed by atoms with Gasteiger partial charge in [-0.3, -0.25) is 9.59 Å². The Kier molecular flexibility index (Phi) is 14.3. The monoisotopic (exact) mass is 588 g/mol. The minimum Gasteiger partial charge on any atom is -0.507 e. The molecule has 0 bridgehead atoms. The van der Waals surface area contributed by atoms with Crippen LogP contribution in [0.2, 0.25) is 0 Å². The van der Waals surface area contributed by atoms with Crippen LogP contribution in [0.1, 0.15) is 101 Å². The minimum absolute atomic E-state index is 0.0809. The molecule has 0 amide bonds. The minimum atomic E-state index is -1.08.